The molecule has 1 rings (SSSR count). The van der Waals surface area contributed by atoms with Gasteiger partial charge in [-0.25, -0.2) is 0 Å². The Balaban J connectivity index is 2.35. The van der Waals surface area contributed by atoms with Crippen molar-refractivity contribution in [3.8, 4) is 6.07 Å². The van der Waals surface area contributed by atoms with Crippen LogP contribution in [0.15, 0.2) is 0 Å². The van der Waals surface area contributed by atoms with Gasteiger partial charge in [-0.3, -0.25) is 0 Å². The highest BCUT2D eigenvalue weighted by Crippen LogP contribution is 2.45. The van der Waals surface area contributed by atoms with Crippen molar-refractivity contribution in [2.24, 2.45) is 10.8 Å². The zero-order valence-corrected chi connectivity index (χ0v) is 9.22. The second-order valence-corrected chi connectivity index (χ2v) is 5.63. The highest BCUT2D eigenvalue weighted by atomic mass is 15.1. The first-order chi connectivity index (χ1) is 5.87. The lowest BCUT2D eigenvalue weighted by molar-refractivity contribution is 0.207. The minimum absolute atomic E-state index is 0.0139. The summed E-state index contributed by atoms with van der Waals surface area (Å²) >= 11 is 0. The lowest BCUT2D eigenvalue weighted by Gasteiger charge is -2.27. The first-order valence-electron chi connectivity index (χ1n) is 4.97. The van der Waals surface area contributed by atoms with Crippen molar-refractivity contribution >= 4 is 0 Å². The molecule has 74 valence electrons. The van der Waals surface area contributed by atoms with Crippen LogP contribution in [0.4, 0.5) is 0 Å². The molecule has 0 aliphatic heterocycles. The van der Waals surface area contributed by atoms with Crippen LogP contribution in [0.1, 0.15) is 33.6 Å². The molecule has 2 nitrogen and oxygen atoms in total. The third-order valence-electron chi connectivity index (χ3n) is 2.41. The Morgan fingerprint density at radius 3 is 2.23 bits per heavy atom. The summed E-state index contributed by atoms with van der Waals surface area (Å²) in [5, 5.41) is 8.93. The molecule has 2 heteroatoms. The fraction of sp³-hybridized carbons (Fsp3) is 0.909. The van der Waals surface area contributed by atoms with E-state index in [4.69, 9.17) is 5.26 Å². The van der Waals surface area contributed by atoms with Gasteiger partial charge in [-0.05, 0) is 25.3 Å². The molecule has 0 bridgehead atoms. The maximum Gasteiger partial charge on any atom is 0.0703 e. The van der Waals surface area contributed by atoms with Crippen molar-refractivity contribution in [3.05, 3.63) is 0 Å². The number of nitriles is 1. The van der Waals surface area contributed by atoms with Crippen LogP contribution < -0.4 is 0 Å². The molecule has 0 aromatic carbocycles. The molecule has 0 saturated heterocycles. The second-order valence-electron chi connectivity index (χ2n) is 5.63. The van der Waals surface area contributed by atoms with Crippen molar-refractivity contribution in [2.45, 2.75) is 33.6 Å². The van der Waals surface area contributed by atoms with Gasteiger partial charge >= 0.3 is 0 Å². The molecule has 1 aliphatic rings. The number of nitrogens with zero attached hydrogens (tertiary/aromatic N) is 2. The van der Waals surface area contributed by atoms with Crippen LogP contribution in [0.25, 0.3) is 0 Å². The van der Waals surface area contributed by atoms with E-state index in [-0.39, 0.29) is 5.41 Å². The predicted molar refractivity (Wildman–Crippen MR) is 54.2 cm³/mol. The van der Waals surface area contributed by atoms with Crippen LogP contribution in [0, 0.1) is 22.2 Å². The summed E-state index contributed by atoms with van der Waals surface area (Å²) in [7, 11) is 2.11. The summed E-state index contributed by atoms with van der Waals surface area (Å²) in [6, 6.07) is 2.43. The van der Waals surface area contributed by atoms with Crippen LogP contribution >= 0.6 is 0 Å². The molecule has 0 aromatic heterocycles. The van der Waals surface area contributed by atoms with E-state index in [1.54, 1.807) is 0 Å². The van der Waals surface area contributed by atoms with E-state index >= 15 is 0 Å². The molecule has 0 heterocycles. The average Bonchev–Trinajstić information content (AvgIpc) is 2.65. The highest BCUT2D eigenvalue weighted by Gasteiger charge is 2.44. The standard InChI is InChI=1S/C11H20N2/c1-10(2,3)8-13(4)9-11(7-12)5-6-11/h5-6,8-9H2,1-4H3. The molecule has 0 unspecified atom stereocenters. The van der Waals surface area contributed by atoms with Gasteiger partial charge in [-0.1, -0.05) is 20.8 Å². The topological polar surface area (TPSA) is 27.0 Å². The zero-order valence-electron chi connectivity index (χ0n) is 9.22. The first-order valence-corrected chi connectivity index (χ1v) is 4.97. The van der Waals surface area contributed by atoms with Crippen LogP contribution in [0.3, 0.4) is 0 Å². The molecule has 0 amide bonds. The van der Waals surface area contributed by atoms with Gasteiger partial charge in [0.25, 0.3) is 0 Å². The van der Waals surface area contributed by atoms with Crippen LogP contribution in [0.2, 0.25) is 0 Å². The third kappa shape index (κ3) is 3.36. The quantitative estimate of drug-likeness (QED) is 0.666. The molecule has 1 fully saturated rings. The molecule has 1 saturated carbocycles. The SMILES string of the molecule is CN(CC(C)(C)C)CC1(C#N)CC1. The second kappa shape index (κ2) is 3.31. The summed E-state index contributed by atoms with van der Waals surface area (Å²) in [5.74, 6) is 0. The normalized spacial score (nSPS) is 20.0. The van der Waals surface area contributed by atoms with Crippen LogP contribution in [0.5, 0.6) is 0 Å². The Labute approximate surface area is 81.5 Å². The first kappa shape index (κ1) is 10.5. The molecular weight excluding hydrogens is 160 g/mol. The predicted octanol–water partition coefficient (Wildman–Crippen LogP) is 2.27. The minimum atomic E-state index is 0.0139. The summed E-state index contributed by atoms with van der Waals surface area (Å²) in [5.41, 5.74) is 0.348. The van der Waals surface area contributed by atoms with E-state index in [2.05, 4.69) is 38.8 Å². The maximum absolute atomic E-state index is 8.93. The number of hydrogen-bond acceptors (Lipinski definition) is 2. The van der Waals surface area contributed by atoms with E-state index in [1.165, 1.54) is 0 Å². The molecule has 0 radical (unpaired) electrons. The van der Waals surface area contributed by atoms with E-state index < -0.39 is 0 Å². The summed E-state index contributed by atoms with van der Waals surface area (Å²) < 4.78 is 0. The molecule has 1 aliphatic carbocycles. The molecule has 13 heavy (non-hydrogen) atoms. The lowest BCUT2D eigenvalue weighted by atomic mass is 9.95. The van der Waals surface area contributed by atoms with Crippen LogP contribution in [-0.2, 0) is 0 Å². The largest absolute Gasteiger partial charge is 0.304 e. The molecule has 0 spiro atoms. The molecule has 0 N–H and O–H groups in total. The van der Waals surface area contributed by atoms with Gasteiger partial charge in [0.2, 0.25) is 0 Å². The number of rotatable bonds is 3. The zero-order chi connectivity index (χ0) is 10.1. The van der Waals surface area contributed by atoms with Gasteiger partial charge in [0.1, 0.15) is 0 Å². The monoisotopic (exact) mass is 180 g/mol. The molecular formula is C11H20N2. The van der Waals surface area contributed by atoms with Gasteiger partial charge in [0.15, 0.2) is 0 Å². The van der Waals surface area contributed by atoms with Crippen molar-refractivity contribution < 1.29 is 0 Å². The van der Waals surface area contributed by atoms with Crippen molar-refractivity contribution in [3.63, 3.8) is 0 Å². The van der Waals surface area contributed by atoms with Crippen molar-refractivity contribution in [1.29, 1.82) is 5.26 Å². The van der Waals surface area contributed by atoms with Crippen molar-refractivity contribution in [1.82, 2.24) is 4.90 Å². The molecule has 0 aromatic rings. The van der Waals surface area contributed by atoms with Crippen molar-refractivity contribution in [2.75, 3.05) is 20.1 Å². The van der Waals surface area contributed by atoms with Gasteiger partial charge in [0, 0.05) is 13.1 Å². The van der Waals surface area contributed by atoms with E-state index in [0.717, 1.165) is 25.9 Å². The van der Waals surface area contributed by atoms with Gasteiger partial charge in [-0.2, -0.15) is 5.26 Å². The van der Waals surface area contributed by atoms with Gasteiger partial charge in [0.05, 0.1) is 11.5 Å². The minimum Gasteiger partial charge on any atom is -0.304 e. The van der Waals surface area contributed by atoms with Crippen LogP contribution in [-0.4, -0.2) is 25.0 Å². The van der Waals surface area contributed by atoms with Gasteiger partial charge < -0.3 is 4.90 Å². The smallest absolute Gasteiger partial charge is 0.0703 e. The van der Waals surface area contributed by atoms with E-state index in [9.17, 15) is 0 Å². The Morgan fingerprint density at radius 1 is 1.38 bits per heavy atom. The van der Waals surface area contributed by atoms with E-state index in [1.807, 2.05) is 0 Å². The fourth-order valence-corrected chi connectivity index (χ4v) is 1.84. The molecule has 0 atom stereocenters. The summed E-state index contributed by atoms with van der Waals surface area (Å²) in [6.07, 6.45) is 2.19. The van der Waals surface area contributed by atoms with Gasteiger partial charge in [-0.15, -0.1) is 0 Å². The fourth-order valence-electron chi connectivity index (χ4n) is 1.84. The Bertz CT molecular complexity index is 215. The maximum atomic E-state index is 8.93. The Kier molecular flexibility index (Phi) is 2.68. The Morgan fingerprint density at radius 2 is 1.92 bits per heavy atom. The summed E-state index contributed by atoms with van der Waals surface area (Å²) in [4.78, 5) is 2.29. The third-order valence-corrected chi connectivity index (χ3v) is 2.41. The average molecular weight is 180 g/mol. The lowest BCUT2D eigenvalue weighted by Crippen LogP contribution is -2.33. The number of hydrogen-bond donors (Lipinski definition) is 0. The van der Waals surface area contributed by atoms with E-state index in [0.29, 0.717) is 5.41 Å². The Hall–Kier alpha value is -0.550. The highest BCUT2D eigenvalue weighted by molar-refractivity contribution is 5.11. The summed E-state index contributed by atoms with van der Waals surface area (Å²) in [6.45, 7) is 8.71.